The van der Waals surface area contributed by atoms with E-state index in [1.54, 1.807) is 42.5 Å². The third-order valence-corrected chi connectivity index (χ3v) is 5.10. The lowest BCUT2D eigenvalue weighted by atomic mass is 10.1. The number of halogens is 1. The summed E-state index contributed by atoms with van der Waals surface area (Å²) < 4.78 is 30.0. The standard InChI is InChI=1S/C16H14ClNO4S/c1-23(20,21)18-9-8-11-10-12(6-7-14(11)18)16(19)22-15-5-3-2-4-13(15)17/h2-7,10H,8-9H2,1H3. The highest BCUT2D eigenvalue weighted by Gasteiger charge is 2.27. The fourth-order valence-corrected chi connectivity index (χ4v) is 3.66. The van der Waals surface area contributed by atoms with Crippen LogP contribution in [0.3, 0.4) is 0 Å². The molecule has 0 atom stereocenters. The average Bonchev–Trinajstić information content (AvgIpc) is 2.92. The number of nitrogens with zero attached hydrogens (tertiary/aromatic N) is 1. The second-order valence-corrected chi connectivity index (χ2v) is 7.56. The first kappa shape index (κ1) is 15.8. The quantitative estimate of drug-likeness (QED) is 0.630. The normalized spacial score (nSPS) is 13.7. The Morgan fingerprint density at radius 1 is 1.22 bits per heavy atom. The largest absolute Gasteiger partial charge is 0.421 e. The van der Waals surface area contributed by atoms with Crippen LogP contribution < -0.4 is 9.04 Å². The number of hydrogen-bond acceptors (Lipinski definition) is 4. The van der Waals surface area contributed by atoms with Crippen molar-refractivity contribution in [2.75, 3.05) is 17.1 Å². The molecule has 120 valence electrons. The van der Waals surface area contributed by atoms with E-state index in [1.165, 1.54) is 10.6 Å². The van der Waals surface area contributed by atoms with Crippen molar-refractivity contribution in [2.24, 2.45) is 0 Å². The van der Waals surface area contributed by atoms with E-state index >= 15 is 0 Å². The third kappa shape index (κ3) is 3.18. The van der Waals surface area contributed by atoms with Gasteiger partial charge in [0.2, 0.25) is 10.0 Å². The number of benzene rings is 2. The molecule has 5 nitrogen and oxygen atoms in total. The molecule has 0 saturated carbocycles. The minimum absolute atomic E-state index is 0.289. The first-order valence-corrected chi connectivity index (χ1v) is 9.16. The predicted octanol–water partition coefficient (Wildman–Crippen LogP) is 2.88. The molecule has 0 radical (unpaired) electrons. The third-order valence-electron chi connectivity index (χ3n) is 3.61. The molecule has 0 bridgehead atoms. The monoisotopic (exact) mass is 351 g/mol. The highest BCUT2D eigenvalue weighted by molar-refractivity contribution is 7.92. The smallest absolute Gasteiger partial charge is 0.343 e. The molecule has 0 fully saturated rings. The van der Waals surface area contributed by atoms with Crippen LogP contribution in [0.5, 0.6) is 5.75 Å². The number of para-hydroxylation sites is 1. The SMILES string of the molecule is CS(=O)(=O)N1CCc2cc(C(=O)Oc3ccccc3Cl)ccc21. The fraction of sp³-hybridized carbons (Fsp3) is 0.188. The van der Waals surface area contributed by atoms with Gasteiger partial charge in [-0.15, -0.1) is 0 Å². The summed E-state index contributed by atoms with van der Waals surface area (Å²) in [5.41, 5.74) is 1.78. The Kier molecular flexibility index (Phi) is 4.04. The number of carbonyl (C=O) groups is 1. The molecule has 2 aromatic rings. The fourth-order valence-electron chi connectivity index (χ4n) is 2.53. The Labute approximate surface area is 139 Å². The van der Waals surface area contributed by atoms with Gasteiger partial charge < -0.3 is 4.74 Å². The van der Waals surface area contributed by atoms with Gasteiger partial charge in [0.05, 0.1) is 22.5 Å². The molecule has 0 unspecified atom stereocenters. The van der Waals surface area contributed by atoms with E-state index in [2.05, 4.69) is 0 Å². The Balaban J connectivity index is 1.86. The Morgan fingerprint density at radius 3 is 2.65 bits per heavy atom. The van der Waals surface area contributed by atoms with Crippen molar-refractivity contribution >= 4 is 33.3 Å². The van der Waals surface area contributed by atoms with Gasteiger partial charge in [-0.3, -0.25) is 4.31 Å². The van der Waals surface area contributed by atoms with Crippen LogP contribution in [0.4, 0.5) is 5.69 Å². The summed E-state index contributed by atoms with van der Waals surface area (Å²) in [6.07, 6.45) is 1.73. The number of esters is 1. The van der Waals surface area contributed by atoms with Crippen molar-refractivity contribution in [1.82, 2.24) is 0 Å². The van der Waals surface area contributed by atoms with Crippen LogP contribution in [0.1, 0.15) is 15.9 Å². The Morgan fingerprint density at radius 2 is 1.96 bits per heavy atom. The minimum Gasteiger partial charge on any atom is -0.421 e. The molecular weight excluding hydrogens is 338 g/mol. The average molecular weight is 352 g/mol. The van der Waals surface area contributed by atoms with Crippen molar-refractivity contribution in [3.8, 4) is 5.75 Å². The molecule has 0 N–H and O–H groups in total. The first-order chi connectivity index (χ1) is 10.9. The first-order valence-electron chi connectivity index (χ1n) is 6.93. The number of ether oxygens (including phenoxy) is 1. The minimum atomic E-state index is -3.30. The molecular formula is C16H14ClNO4S. The zero-order valence-corrected chi connectivity index (χ0v) is 13.9. The van der Waals surface area contributed by atoms with E-state index < -0.39 is 16.0 Å². The van der Waals surface area contributed by atoms with Gasteiger partial charge in [0, 0.05) is 6.54 Å². The number of anilines is 1. The van der Waals surface area contributed by atoms with Crippen LogP contribution in [-0.2, 0) is 16.4 Å². The lowest BCUT2D eigenvalue weighted by molar-refractivity contribution is 0.0735. The molecule has 0 saturated heterocycles. The lowest BCUT2D eigenvalue weighted by Gasteiger charge is -2.16. The van der Waals surface area contributed by atoms with Gasteiger partial charge in [0.1, 0.15) is 5.75 Å². The van der Waals surface area contributed by atoms with Crippen molar-refractivity contribution < 1.29 is 17.9 Å². The molecule has 1 aliphatic rings. The van der Waals surface area contributed by atoms with Gasteiger partial charge in [-0.25, -0.2) is 13.2 Å². The summed E-state index contributed by atoms with van der Waals surface area (Å²) in [5, 5.41) is 0.352. The van der Waals surface area contributed by atoms with Crippen LogP contribution in [0, 0.1) is 0 Å². The van der Waals surface area contributed by atoms with Crippen LogP contribution in [0.2, 0.25) is 5.02 Å². The van der Waals surface area contributed by atoms with Crippen molar-refractivity contribution in [1.29, 1.82) is 0 Å². The molecule has 0 amide bonds. The summed E-state index contributed by atoms with van der Waals surface area (Å²) in [6, 6.07) is 11.6. The summed E-state index contributed by atoms with van der Waals surface area (Å²) in [7, 11) is -3.30. The van der Waals surface area contributed by atoms with Crippen molar-refractivity contribution in [2.45, 2.75) is 6.42 Å². The molecule has 1 aliphatic heterocycles. The molecule has 0 aromatic heterocycles. The molecule has 0 aliphatic carbocycles. The molecule has 2 aromatic carbocycles. The van der Waals surface area contributed by atoms with Crippen LogP contribution >= 0.6 is 11.6 Å². The number of sulfonamides is 1. The van der Waals surface area contributed by atoms with Gasteiger partial charge >= 0.3 is 5.97 Å². The van der Waals surface area contributed by atoms with Crippen LogP contribution in [0.25, 0.3) is 0 Å². The maximum Gasteiger partial charge on any atom is 0.343 e. The molecule has 0 spiro atoms. The molecule has 23 heavy (non-hydrogen) atoms. The summed E-state index contributed by atoms with van der Waals surface area (Å²) >= 11 is 5.97. The van der Waals surface area contributed by atoms with Gasteiger partial charge in [-0.2, -0.15) is 0 Å². The topological polar surface area (TPSA) is 63.7 Å². The van der Waals surface area contributed by atoms with E-state index in [1.807, 2.05) is 0 Å². The number of fused-ring (bicyclic) bond motifs is 1. The summed E-state index contributed by atoms with van der Waals surface area (Å²) in [4.78, 5) is 12.2. The van der Waals surface area contributed by atoms with E-state index in [9.17, 15) is 13.2 Å². The van der Waals surface area contributed by atoms with Crippen molar-refractivity contribution in [3.05, 3.63) is 58.6 Å². The van der Waals surface area contributed by atoms with E-state index in [0.717, 1.165) is 5.56 Å². The maximum atomic E-state index is 12.2. The second kappa shape index (κ2) is 5.86. The van der Waals surface area contributed by atoms with Gasteiger partial charge in [0.25, 0.3) is 0 Å². The van der Waals surface area contributed by atoms with Gasteiger partial charge in [-0.05, 0) is 42.3 Å². The lowest BCUT2D eigenvalue weighted by Crippen LogP contribution is -2.27. The maximum absolute atomic E-state index is 12.2. The van der Waals surface area contributed by atoms with Gasteiger partial charge in [-0.1, -0.05) is 23.7 Å². The van der Waals surface area contributed by atoms with E-state index in [4.69, 9.17) is 16.3 Å². The Hall–Kier alpha value is -2.05. The summed E-state index contributed by atoms with van der Waals surface area (Å²) in [5.74, 6) is -0.240. The zero-order chi connectivity index (χ0) is 16.6. The highest BCUT2D eigenvalue weighted by Crippen LogP contribution is 2.31. The van der Waals surface area contributed by atoms with E-state index in [0.29, 0.717) is 29.2 Å². The number of carbonyl (C=O) groups excluding carboxylic acids is 1. The van der Waals surface area contributed by atoms with Gasteiger partial charge in [0.15, 0.2) is 0 Å². The van der Waals surface area contributed by atoms with E-state index in [-0.39, 0.29) is 5.75 Å². The number of rotatable bonds is 3. The molecule has 7 heteroatoms. The predicted molar refractivity (Wildman–Crippen MR) is 88.7 cm³/mol. The molecule has 1 heterocycles. The van der Waals surface area contributed by atoms with Crippen LogP contribution in [-0.4, -0.2) is 27.2 Å². The van der Waals surface area contributed by atoms with Crippen molar-refractivity contribution in [3.63, 3.8) is 0 Å². The summed E-state index contributed by atoms with van der Waals surface area (Å²) in [6.45, 7) is 0.386. The molecule has 3 rings (SSSR count). The number of hydrogen-bond donors (Lipinski definition) is 0. The zero-order valence-electron chi connectivity index (χ0n) is 12.3. The second-order valence-electron chi connectivity index (χ2n) is 5.25. The van der Waals surface area contributed by atoms with Crippen LogP contribution in [0.15, 0.2) is 42.5 Å². The Bertz CT molecular complexity index is 879. The highest BCUT2D eigenvalue weighted by atomic mass is 35.5.